The number of ketones is 2. The maximum absolute atomic E-state index is 11.4. The monoisotopic (exact) mass is 312 g/mol. The lowest BCUT2D eigenvalue weighted by Crippen LogP contribution is -2.29. The zero-order valence-corrected chi connectivity index (χ0v) is 11.2. The molecule has 13 heavy (non-hydrogen) atoms. The van der Waals surface area contributed by atoms with Crippen LogP contribution < -0.4 is 0 Å². The topological polar surface area (TPSA) is 34.1 Å². The normalized spacial score (nSPS) is 15.5. The summed E-state index contributed by atoms with van der Waals surface area (Å²) in [6.07, 6.45) is 0.699. The van der Waals surface area contributed by atoms with Gasteiger partial charge in [0.2, 0.25) is 11.6 Å². The molecule has 0 N–H and O–H groups in total. The highest BCUT2D eigenvalue weighted by Gasteiger charge is 2.25. The van der Waals surface area contributed by atoms with E-state index in [-0.39, 0.29) is 21.2 Å². The Bertz CT molecular complexity index is 200. The third kappa shape index (κ3) is 4.91. The van der Waals surface area contributed by atoms with E-state index in [1.165, 1.54) is 0 Å². The van der Waals surface area contributed by atoms with Crippen LogP contribution in [-0.4, -0.2) is 21.2 Å². The number of Topliss-reactive ketones (excluding diaryl/α,β-unsaturated/α-hetero) is 2. The molecule has 0 aliphatic rings. The molecule has 0 fully saturated rings. The summed E-state index contributed by atoms with van der Waals surface area (Å²) in [6, 6.07) is 0. The Hall–Kier alpha value is 0.300. The second-order valence-corrected chi connectivity index (χ2v) is 5.92. The minimum Gasteiger partial charge on any atom is -0.290 e. The number of hydrogen-bond donors (Lipinski definition) is 0. The molecule has 2 unspecified atom stereocenters. The Balaban J connectivity index is 4.18. The lowest BCUT2D eigenvalue weighted by Gasteiger charge is -2.10. The molecule has 0 spiro atoms. The highest BCUT2D eigenvalue weighted by atomic mass is 79.9. The van der Waals surface area contributed by atoms with Gasteiger partial charge in [0.05, 0.1) is 9.65 Å². The van der Waals surface area contributed by atoms with Crippen LogP contribution in [0.25, 0.3) is 0 Å². The molecule has 2 nitrogen and oxygen atoms in total. The molecule has 0 saturated heterocycles. The van der Waals surface area contributed by atoms with Crippen LogP contribution in [0.5, 0.6) is 0 Å². The van der Waals surface area contributed by atoms with Crippen LogP contribution in [0.2, 0.25) is 0 Å². The van der Waals surface area contributed by atoms with Crippen molar-refractivity contribution < 1.29 is 9.59 Å². The fraction of sp³-hybridized carbons (Fsp3) is 0.778. The Kier molecular flexibility index (Phi) is 6.05. The molecular formula is C9H14Br2O2. The minimum atomic E-state index is -0.382. The summed E-state index contributed by atoms with van der Waals surface area (Å²) in [7, 11) is 0. The largest absolute Gasteiger partial charge is 0.290 e. The summed E-state index contributed by atoms with van der Waals surface area (Å²) < 4.78 is 0. The van der Waals surface area contributed by atoms with E-state index in [1.54, 1.807) is 6.92 Å². The van der Waals surface area contributed by atoms with Gasteiger partial charge in [0.1, 0.15) is 0 Å². The zero-order chi connectivity index (χ0) is 10.6. The van der Waals surface area contributed by atoms with Crippen LogP contribution in [0.1, 0.15) is 27.2 Å². The molecule has 0 aliphatic heterocycles. The molecule has 0 aromatic carbocycles. The van der Waals surface area contributed by atoms with E-state index < -0.39 is 0 Å². The molecule has 0 heterocycles. The first-order valence-electron chi connectivity index (χ1n) is 4.22. The van der Waals surface area contributed by atoms with Gasteiger partial charge in [0, 0.05) is 0 Å². The first-order chi connectivity index (χ1) is 5.86. The number of carbonyl (C=O) groups is 2. The third-order valence-corrected chi connectivity index (χ3v) is 2.77. The molecule has 0 aromatic heterocycles. The van der Waals surface area contributed by atoms with Crippen molar-refractivity contribution in [2.24, 2.45) is 5.92 Å². The molecule has 0 radical (unpaired) electrons. The maximum atomic E-state index is 11.4. The third-order valence-electron chi connectivity index (χ3n) is 1.57. The van der Waals surface area contributed by atoms with Crippen molar-refractivity contribution >= 4 is 43.4 Å². The van der Waals surface area contributed by atoms with Gasteiger partial charge in [0.15, 0.2) is 0 Å². The average molecular weight is 314 g/mol. The zero-order valence-electron chi connectivity index (χ0n) is 8.01. The molecule has 4 heteroatoms. The van der Waals surface area contributed by atoms with Gasteiger partial charge in [0.25, 0.3) is 0 Å². The van der Waals surface area contributed by atoms with Crippen LogP contribution in [0, 0.1) is 5.92 Å². The number of alkyl halides is 2. The molecule has 0 bridgehead atoms. The summed E-state index contributed by atoms with van der Waals surface area (Å²) in [6.45, 7) is 5.70. The fourth-order valence-corrected chi connectivity index (χ4v) is 2.07. The van der Waals surface area contributed by atoms with Crippen LogP contribution in [0.15, 0.2) is 0 Å². The molecule has 0 aromatic rings. The number of carbonyl (C=O) groups excluding carboxylic acids is 2. The summed E-state index contributed by atoms with van der Waals surface area (Å²) in [5.41, 5.74) is 0. The Morgan fingerprint density at radius 3 is 1.85 bits per heavy atom. The van der Waals surface area contributed by atoms with E-state index in [0.29, 0.717) is 12.3 Å². The lowest BCUT2D eigenvalue weighted by atomic mass is 10.0. The molecule has 0 rings (SSSR count). The molecule has 2 atom stereocenters. The minimum absolute atomic E-state index is 0.333. The van der Waals surface area contributed by atoms with Gasteiger partial charge in [-0.1, -0.05) is 45.7 Å². The van der Waals surface area contributed by atoms with E-state index in [0.717, 1.165) is 0 Å². The van der Waals surface area contributed by atoms with Crippen molar-refractivity contribution in [2.45, 2.75) is 36.8 Å². The number of hydrogen-bond acceptors (Lipinski definition) is 2. The second kappa shape index (κ2) is 5.91. The van der Waals surface area contributed by atoms with Crippen LogP contribution in [-0.2, 0) is 9.59 Å². The van der Waals surface area contributed by atoms with Gasteiger partial charge in [-0.05, 0) is 19.3 Å². The second-order valence-electron chi connectivity index (χ2n) is 3.44. The molecule has 76 valence electrons. The first-order valence-corrected chi connectivity index (χ1v) is 6.05. The van der Waals surface area contributed by atoms with Crippen molar-refractivity contribution in [3.8, 4) is 0 Å². The highest BCUT2D eigenvalue weighted by Crippen LogP contribution is 2.15. The summed E-state index contributed by atoms with van der Waals surface area (Å²) in [5.74, 6) is -0.285. The van der Waals surface area contributed by atoms with Crippen LogP contribution in [0.4, 0.5) is 0 Å². The molecular weight excluding hydrogens is 300 g/mol. The van der Waals surface area contributed by atoms with Gasteiger partial charge in [-0.3, -0.25) is 9.59 Å². The first kappa shape index (κ1) is 13.3. The van der Waals surface area contributed by atoms with Gasteiger partial charge in [-0.2, -0.15) is 0 Å². The smallest absolute Gasteiger partial charge is 0.213 e. The summed E-state index contributed by atoms with van der Waals surface area (Å²) >= 11 is 6.31. The van der Waals surface area contributed by atoms with E-state index in [9.17, 15) is 9.59 Å². The van der Waals surface area contributed by atoms with E-state index >= 15 is 0 Å². The predicted octanol–water partition coefficient (Wildman–Crippen LogP) is 2.72. The lowest BCUT2D eigenvalue weighted by molar-refractivity contribution is -0.135. The van der Waals surface area contributed by atoms with Crippen molar-refractivity contribution in [3.05, 3.63) is 0 Å². The maximum Gasteiger partial charge on any atom is 0.213 e. The van der Waals surface area contributed by atoms with Gasteiger partial charge < -0.3 is 0 Å². The SMILES string of the molecule is CC(C)CC(Br)C(=O)C(=O)C(C)Br. The Morgan fingerprint density at radius 2 is 1.54 bits per heavy atom. The standard InChI is InChI=1S/C9H14Br2O2/c1-5(2)4-7(11)9(13)8(12)6(3)10/h5-7H,4H2,1-3H3. The molecule has 0 saturated carbocycles. The Morgan fingerprint density at radius 1 is 1.08 bits per heavy atom. The molecule has 0 aliphatic carbocycles. The Labute approximate surface area is 95.7 Å². The quantitative estimate of drug-likeness (QED) is 0.578. The van der Waals surface area contributed by atoms with E-state index in [2.05, 4.69) is 31.9 Å². The average Bonchev–Trinajstić information content (AvgIpc) is 2.00. The number of halogens is 2. The van der Waals surface area contributed by atoms with E-state index in [4.69, 9.17) is 0 Å². The van der Waals surface area contributed by atoms with Crippen LogP contribution in [0.3, 0.4) is 0 Å². The predicted molar refractivity (Wildman–Crippen MR) is 60.6 cm³/mol. The number of rotatable bonds is 5. The van der Waals surface area contributed by atoms with E-state index in [1.807, 2.05) is 13.8 Å². The van der Waals surface area contributed by atoms with Crippen molar-refractivity contribution in [2.75, 3.05) is 0 Å². The summed E-state index contributed by atoms with van der Waals surface area (Å²) in [5, 5.41) is 0. The molecule has 0 amide bonds. The van der Waals surface area contributed by atoms with Crippen molar-refractivity contribution in [1.82, 2.24) is 0 Å². The van der Waals surface area contributed by atoms with Gasteiger partial charge in [-0.25, -0.2) is 0 Å². The van der Waals surface area contributed by atoms with Gasteiger partial charge >= 0.3 is 0 Å². The van der Waals surface area contributed by atoms with Crippen molar-refractivity contribution in [1.29, 1.82) is 0 Å². The van der Waals surface area contributed by atoms with Gasteiger partial charge in [-0.15, -0.1) is 0 Å². The highest BCUT2D eigenvalue weighted by molar-refractivity contribution is 9.10. The fourth-order valence-electron chi connectivity index (χ4n) is 0.871. The van der Waals surface area contributed by atoms with Crippen molar-refractivity contribution in [3.63, 3.8) is 0 Å². The summed E-state index contributed by atoms with van der Waals surface area (Å²) in [4.78, 5) is 21.9. The van der Waals surface area contributed by atoms with Crippen LogP contribution >= 0.6 is 31.9 Å².